The summed E-state index contributed by atoms with van der Waals surface area (Å²) in [5, 5.41) is 7.02. The first-order chi connectivity index (χ1) is 23.7. The molecule has 0 bridgehead atoms. The Hall–Kier alpha value is -4.67. The number of nitrogens with zero attached hydrogens (tertiary/aromatic N) is 4. The van der Waals surface area contributed by atoms with Crippen molar-refractivity contribution in [2.45, 2.75) is 54.4 Å². The standard InChI is InChI=1S/C43H42N4O2.Pt/c1-27(2)19-38-29(5)21-30(6)39(20-28(3)4)43(38)31-25-45-46(26-31)32-11-10-12-34(22-32)49-35-15-16-37-36-13-8-9-14-40(36)47(41(37)23-35)42-24-33(48-7)17-18-44-42;/h8-18,21,24-28H,19-20H2,1-7H3;/q-2;+2. The third-order valence-electron chi connectivity index (χ3n) is 9.04. The molecule has 7 aromatic rings. The van der Waals surface area contributed by atoms with Crippen molar-refractivity contribution in [3.05, 3.63) is 126 Å². The summed E-state index contributed by atoms with van der Waals surface area (Å²) in [7, 11) is 1.66. The fourth-order valence-corrected chi connectivity index (χ4v) is 6.92. The van der Waals surface area contributed by atoms with Gasteiger partial charge in [-0.15, -0.1) is 35.7 Å². The van der Waals surface area contributed by atoms with Crippen LogP contribution in [0.4, 0.5) is 0 Å². The number of methoxy groups -OCH3 is 1. The van der Waals surface area contributed by atoms with Crippen LogP contribution in [0.3, 0.4) is 0 Å². The van der Waals surface area contributed by atoms with Crippen molar-refractivity contribution in [2.24, 2.45) is 11.8 Å². The third-order valence-corrected chi connectivity index (χ3v) is 9.04. The Bertz CT molecular complexity index is 2260. The second-order valence-electron chi connectivity index (χ2n) is 13.7. The number of fused-ring (bicyclic) bond motifs is 3. The Kier molecular flexibility index (Phi) is 10.3. The largest absolute Gasteiger partial charge is 2.00 e. The van der Waals surface area contributed by atoms with Crippen molar-refractivity contribution < 1.29 is 30.5 Å². The van der Waals surface area contributed by atoms with E-state index < -0.39 is 0 Å². The first-order valence-corrected chi connectivity index (χ1v) is 17.0. The van der Waals surface area contributed by atoms with E-state index in [1.54, 1.807) is 13.3 Å². The van der Waals surface area contributed by atoms with Gasteiger partial charge in [0.25, 0.3) is 0 Å². The minimum atomic E-state index is 0. The van der Waals surface area contributed by atoms with Crippen LogP contribution in [-0.2, 0) is 33.9 Å². The van der Waals surface area contributed by atoms with Gasteiger partial charge in [0.05, 0.1) is 13.3 Å². The van der Waals surface area contributed by atoms with Gasteiger partial charge in [-0.1, -0.05) is 57.5 Å². The molecule has 0 saturated heterocycles. The molecule has 3 heterocycles. The van der Waals surface area contributed by atoms with E-state index >= 15 is 0 Å². The molecule has 0 saturated carbocycles. The van der Waals surface area contributed by atoms with E-state index in [1.165, 1.54) is 27.8 Å². The minimum Gasteiger partial charge on any atom is -0.509 e. The van der Waals surface area contributed by atoms with E-state index in [-0.39, 0.29) is 21.1 Å². The molecular formula is C43H42N4O2Pt. The maximum Gasteiger partial charge on any atom is 2.00 e. The first kappa shape index (κ1) is 35.2. The second kappa shape index (κ2) is 14.7. The maximum absolute atomic E-state index is 6.42. The van der Waals surface area contributed by atoms with Crippen LogP contribution in [0.2, 0.25) is 0 Å². The molecule has 3 aromatic heterocycles. The van der Waals surface area contributed by atoms with Gasteiger partial charge in [0.15, 0.2) is 0 Å². The molecule has 50 heavy (non-hydrogen) atoms. The zero-order valence-corrected chi connectivity index (χ0v) is 31.9. The van der Waals surface area contributed by atoms with Crippen molar-refractivity contribution in [1.82, 2.24) is 19.3 Å². The van der Waals surface area contributed by atoms with Crippen LogP contribution in [0.15, 0.2) is 91.4 Å². The molecule has 0 unspecified atom stereocenters. The number of pyridine rings is 1. The van der Waals surface area contributed by atoms with Crippen molar-refractivity contribution >= 4 is 21.8 Å². The Morgan fingerprint density at radius 2 is 1.50 bits per heavy atom. The van der Waals surface area contributed by atoms with Gasteiger partial charge in [0.2, 0.25) is 0 Å². The predicted molar refractivity (Wildman–Crippen MR) is 198 cm³/mol. The summed E-state index contributed by atoms with van der Waals surface area (Å²) in [6.07, 6.45) is 7.94. The zero-order valence-electron chi connectivity index (χ0n) is 29.7. The summed E-state index contributed by atoms with van der Waals surface area (Å²) in [6, 6.07) is 31.3. The zero-order chi connectivity index (χ0) is 34.2. The van der Waals surface area contributed by atoms with Crippen LogP contribution >= 0.6 is 0 Å². The van der Waals surface area contributed by atoms with Crippen LogP contribution in [-0.4, -0.2) is 26.4 Å². The summed E-state index contributed by atoms with van der Waals surface area (Å²) in [5.41, 5.74) is 10.7. The Morgan fingerprint density at radius 1 is 0.780 bits per heavy atom. The fourth-order valence-electron chi connectivity index (χ4n) is 6.92. The number of aryl methyl sites for hydroxylation is 2. The molecule has 7 rings (SSSR count). The normalized spacial score (nSPS) is 11.5. The topological polar surface area (TPSA) is 54.1 Å². The van der Waals surface area contributed by atoms with E-state index in [9.17, 15) is 0 Å². The fraction of sp³-hybridized carbons (Fsp3) is 0.256. The van der Waals surface area contributed by atoms with Gasteiger partial charge >= 0.3 is 21.1 Å². The summed E-state index contributed by atoms with van der Waals surface area (Å²) in [6.45, 7) is 13.7. The molecule has 0 atom stereocenters. The number of hydrogen-bond donors (Lipinski definition) is 0. The van der Waals surface area contributed by atoms with Gasteiger partial charge in [-0.2, -0.15) is 17.2 Å². The van der Waals surface area contributed by atoms with Gasteiger partial charge in [0.1, 0.15) is 11.6 Å². The quantitative estimate of drug-likeness (QED) is 0.129. The smallest absolute Gasteiger partial charge is 0.509 e. The maximum atomic E-state index is 6.42. The molecule has 0 aliphatic carbocycles. The van der Waals surface area contributed by atoms with Crippen molar-refractivity contribution in [3.8, 4) is 39.9 Å². The number of rotatable bonds is 10. The molecule has 0 aliphatic rings. The minimum absolute atomic E-state index is 0. The van der Waals surface area contributed by atoms with Crippen LogP contribution in [0.5, 0.6) is 17.2 Å². The molecule has 0 amide bonds. The van der Waals surface area contributed by atoms with E-state index in [0.717, 1.165) is 57.5 Å². The number of hydrogen-bond acceptors (Lipinski definition) is 4. The summed E-state index contributed by atoms with van der Waals surface area (Å²) >= 11 is 0. The average Bonchev–Trinajstić information content (AvgIpc) is 3.70. The predicted octanol–water partition coefficient (Wildman–Crippen LogP) is 10.4. The van der Waals surface area contributed by atoms with Gasteiger partial charge in [0, 0.05) is 41.0 Å². The molecule has 4 aromatic carbocycles. The van der Waals surface area contributed by atoms with Gasteiger partial charge in [-0.25, -0.2) is 4.98 Å². The van der Waals surface area contributed by atoms with Gasteiger partial charge in [-0.05, 0) is 89.5 Å². The summed E-state index contributed by atoms with van der Waals surface area (Å²) < 4.78 is 15.9. The molecule has 256 valence electrons. The van der Waals surface area contributed by atoms with Gasteiger partial charge < -0.3 is 14.0 Å². The number of para-hydroxylation sites is 1. The van der Waals surface area contributed by atoms with Crippen LogP contribution in [0, 0.1) is 37.8 Å². The average molecular weight is 842 g/mol. The Labute approximate surface area is 309 Å². The van der Waals surface area contributed by atoms with E-state index in [4.69, 9.17) is 14.6 Å². The number of aromatic nitrogens is 4. The van der Waals surface area contributed by atoms with Crippen LogP contribution in [0.1, 0.15) is 49.9 Å². The molecular weight excluding hydrogens is 800 g/mol. The van der Waals surface area contributed by atoms with E-state index in [1.807, 2.05) is 59.4 Å². The molecule has 7 heteroatoms. The van der Waals surface area contributed by atoms with Crippen LogP contribution in [0.25, 0.3) is 44.4 Å². The van der Waals surface area contributed by atoms with Gasteiger partial charge in [-0.3, -0.25) is 4.68 Å². The first-order valence-electron chi connectivity index (χ1n) is 17.0. The van der Waals surface area contributed by atoms with Crippen molar-refractivity contribution in [1.29, 1.82) is 0 Å². The Morgan fingerprint density at radius 3 is 2.22 bits per heavy atom. The summed E-state index contributed by atoms with van der Waals surface area (Å²) in [4.78, 5) is 4.67. The number of ether oxygens (including phenoxy) is 2. The van der Waals surface area contributed by atoms with E-state index in [0.29, 0.717) is 23.3 Å². The second-order valence-corrected chi connectivity index (χ2v) is 13.7. The Balaban J connectivity index is 0.00000432. The SMILES string of the molecule is COc1ccnc(-n2c3[c-]c(Oc4[c-]c(-n5cc(-c6c(CC(C)C)c(C)cc(C)c6CC(C)C)cn5)ccc4)ccc3c3ccccc32)c1.[Pt+2]. The van der Waals surface area contributed by atoms with Crippen LogP contribution < -0.4 is 9.47 Å². The molecule has 0 spiro atoms. The molecule has 6 nitrogen and oxygen atoms in total. The van der Waals surface area contributed by atoms with Crippen molar-refractivity contribution in [2.75, 3.05) is 7.11 Å². The monoisotopic (exact) mass is 841 g/mol. The van der Waals surface area contributed by atoms with E-state index in [2.05, 4.69) is 93.7 Å². The molecule has 0 aliphatic heterocycles. The van der Waals surface area contributed by atoms with Crippen molar-refractivity contribution in [3.63, 3.8) is 0 Å². The molecule has 0 fully saturated rings. The number of benzene rings is 4. The third kappa shape index (κ3) is 6.87. The molecule has 0 radical (unpaired) electrons. The molecule has 0 N–H and O–H groups in total. The summed E-state index contributed by atoms with van der Waals surface area (Å²) in [5.74, 6) is 3.75.